The minimum absolute atomic E-state index is 0.0107. The SMILES string of the molecule is COc1cccc(OC)c1C(=O)N(CCBr)C1CCC1. The van der Waals surface area contributed by atoms with E-state index in [0.29, 0.717) is 29.6 Å². The van der Waals surface area contributed by atoms with Crippen LogP contribution < -0.4 is 9.47 Å². The molecule has 0 radical (unpaired) electrons. The Bertz CT molecular complexity index is 452. The minimum Gasteiger partial charge on any atom is -0.496 e. The zero-order valence-electron chi connectivity index (χ0n) is 11.9. The third-order valence-corrected chi connectivity index (χ3v) is 4.10. The Kier molecular flexibility index (Phi) is 5.29. The zero-order chi connectivity index (χ0) is 14.5. The highest BCUT2D eigenvalue weighted by Gasteiger charge is 2.31. The maximum atomic E-state index is 12.9. The van der Waals surface area contributed by atoms with E-state index in [-0.39, 0.29) is 5.91 Å². The number of methoxy groups -OCH3 is 2. The smallest absolute Gasteiger partial charge is 0.261 e. The largest absolute Gasteiger partial charge is 0.496 e. The third kappa shape index (κ3) is 2.92. The molecular formula is C15H20BrNO3. The molecule has 0 saturated heterocycles. The first-order chi connectivity index (χ1) is 9.72. The molecule has 1 aromatic carbocycles. The van der Waals surface area contributed by atoms with Crippen LogP contribution >= 0.6 is 15.9 Å². The predicted molar refractivity (Wildman–Crippen MR) is 82.0 cm³/mol. The molecule has 1 fully saturated rings. The molecule has 5 heteroatoms. The fraction of sp³-hybridized carbons (Fsp3) is 0.533. The van der Waals surface area contributed by atoms with Gasteiger partial charge in [-0.25, -0.2) is 0 Å². The van der Waals surface area contributed by atoms with E-state index in [0.717, 1.165) is 18.2 Å². The minimum atomic E-state index is -0.0107. The van der Waals surface area contributed by atoms with E-state index in [1.807, 2.05) is 11.0 Å². The summed E-state index contributed by atoms with van der Waals surface area (Å²) in [6.07, 6.45) is 3.35. The Morgan fingerprint density at radius 2 is 1.90 bits per heavy atom. The maximum absolute atomic E-state index is 12.9. The molecule has 0 unspecified atom stereocenters. The van der Waals surface area contributed by atoms with E-state index >= 15 is 0 Å². The molecule has 4 nitrogen and oxygen atoms in total. The number of hydrogen-bond donors (Lipinski definition) is 0. The molecule has 0 bridgehead atoms. The summed E-state index contributed by atoms with van der Waals surface area (Å²) in [7, 11) is 3.15. The highest BCUT2D eigenvalue weighted by molar-refractivity contribution is 9.09. The van der Waals surface area contributed by atoms with Gasteiger partial charge >= 0.3 is 0 Å². The van der Waals surface area contributed by atoms with Gasteiger partial charge < -0.3 is 14.4 Å². The van der Waals surface area contributed by atoms with E-state index in [2.05, 4.69) is 15.9 Å². The number of halogens is 1. The summed E-state index contributed by atoms with van der Waals surface area (Å²) in [5, 5.41) is 0.771. The van der Waals surface area contributed by atoms with Gasteiger partial charge in [-0.15, -0.1) is 0 Å². The van der Waals surface area contributed by atoms with Crippen molar-refractivity contribution in [2.45, 2.75) is 25.3 Å². The van der Waals surface area contributed by atoms with Crippen molar-refractivity contribution in [2.75, 3.05) is 26.1 Å². The Balaban J connectivity index is 2.34. The van der Waals surface area contributed by atoms with Crippen LogP contribution in [0.4, 0.5) is 0 Å². The number of ether oxygens (including phenoxy) is 2. The van der Waals surface area contributed by atoms with Gasteiger partial charge in [-0.2, -0.15) is 0 Å². The lowest BCUT2D eigenvalue weighted by Crippen LogP contribution is -2.45. The van der Waals surface area contributed by atoms with Gasteiger partial charge in [0.1, 0.15) is 17.1 Å². The highest BCUT2D eigenvalue weighted by Crippen LogP contribution is 2.33. The second-order valence-electron chi connectivity index (χ2n) is 4.81. The quantitative estimate of drug-likeness (QED) is 0.746. The number of nitrogens with zero attached hydrogens (tertiary/aromatic N) is 1. The number of carbonyl (C=O) groups excluding carboxylic acids is 1. The topological polar surface area (TPSA) is 38.8 Å². The lowest BCUT2D eigenvalue weighted by molar-refractivity contribution is 0.0593. The van der Waals surface area contributed by atoms with Crippen LogP contribution in [0.15, 0.2) is 18.2 Å². The second kappa shape index (κ2) is 6.97. The summed E-state index contributed by atoms with van der Waals surface area (Å²) in [6, 6.07) is 5.76. The molecule has 0 aromatic heterocycles. The Labute approximate surface area is 128 Å². The monoisotopic (exact) mass is 341 g/mol. The molecule has 1 aromatic rings. The second-order valence-corrected chi connectivity index (χ2v) is 5.60. The van der Waals surface area contributed by atoms with Crippen LogP contribution in [0.5, 0.6) is 11.5 Å². The average Bonchev–Trinajstić information content (AvgIpc) is 2.43. The molecule has 1 saturated carbocycles. The van der Waals surface area contributed by atoms with Crippen LogP contribution in [-0.2, 0) is 0 Å². The van der Waals surface area contributed by atoms with E-state index in [9.17, 15) is 4.79 Å². The van der Waals surface area contributed by atoms with Crippen molar-refractivity contribution in [3.8, 4) is 11.5 Å². The molecule has 20 heavy (non-hydrogen) atoms. The molecule has 0 heterocycles. The Morgan fingerprint density at radius 3 is 2.30 bits per heavy atom. The van der Waals surface area contributed by atoms with Crippen LogP contribution in [0.25, 0.3) is 0 Å². The molecule has 110 valence electrons. The van der Waals surface area contributed by atoms with Crippen LogP contribution in [0, 0.1) is 0 Å². The van der Waals surface area contributed by atoms with Gasteiger partial charge in [-0.1, -0.05) is 22.0 Å². The number of benzene rings is 1. The number of amides is 1. The molecule has 1 aliphatic carbocycles. The van der Waals surface area contributed by atoms with Gasteiger partial charge in [0.15, 0.2) is 0 Å². The lowest BCUT2D eigenvalue weighted by Gasteiger charge is -2.37. The Hall–Kier alpha value is -1.23. The van der Waals surface area contributed by atoms with Crippen molar-refractivity contribution in [3.63, 3.8) is 0 Å². The predicted octanol–water partition coefficient (Wildman–Crippen LogP) is 3.09. The summed E-state index contributed by atoms with van der Waals surface area (Å²) < 4.78 is 10.7. The first-order valence-electron chi connectivity index (χ1n) is 6.80. The molecular weight excluding hydrogens is 322 g/mol. The van der Waals surface area contributed by atoms with E-state index in [4.69, 9.17) is 9.47 Å². The standard InChI is InChI=1S/C15H20BrNO3/c1-19-12-7-4-8-13(20-2)14(12)15(18)17(10-9-16)11-5-3-6-11/h4,7-8,11H,3,5-6,9-10H2,1-2H3. The third-order valence-electron chi connectivity index (χ3n) is 3.74. The summed E-state index contributed by atoms with van der Waals surface area (Å²) in [4.78, 5) is 14.8. The summed E-state index contributed by atoms with van der Waals surface area (Å²) in [6.45, 7) is 0.699. The molecule has 2 rings (SSSR count). The van der Waals surface area contributed by atoms with Gasteiger partial charge in [0.05, 0.1) is 14.2 Å². The number of hydrogen-bond acceptors (Lipinski definition) is 3. The zero-order valence-corrected chi connectivity index (χ0v) is 13.5. The van der Waals surface area contributed by atoms with Crippen LogP contribution in [0.2, 0.25) is 0 Å². The van der Waals surface area contributed by atoms with Crippen molar-refractivity contribution in [2.24, 2.45) is 0 Å². The van der Waals surface area contributed by atoms with E-state index < -0.39 is 0 Å². The first-order valence-corrected chi connectivity index (χ1v) is 7.93. The molecule has 0 aliphatic heterocycles. The number of rotatable bonds is 6. The molecule has 0 N–H and O–H groups in total. The van der Waals surface area contributed by atoms with E-state index in [1.165, 1.54) is 6.42 Å². The molecule has 1 aliphatic rings. The molecule has 0 atom stereocenters. The van der Waals surface area contributed by atoms with Gasteiger partial charge in [-0.05, 0) is 31.4 Å². The first kappa shape index (κ1) is 15.2. The van der Waals surface area contributed by atoms with Gasteiger partial charge in [0.2, 0.25) is 0 Å². The van der Waals surface area contributed by atoms with Crippen LogP contribution in [0.1, 0.15) is 29.6 Å². The van der Waals surface area contributed by atoms with Crippen LogP contribution in [0.3, 0.4) is 0 Å². The number of alkyl halides is 1. The average molecular weight is 342 g/mol. The maximum Gasteiger partial charge on any atom is 0.261 e. The van der Waals surface area contributed by atoms with E-state index in [1.54, 1.807) is 26.4 Å². The summed E-state index contributed by atoms with van der Waals surface area (Å²) in [5.74, 6) is 1.12. The van der Waals surface area contributed by atoms with Crippen molar-refractivity contribution in [3.05, 3.63) is 23.8 Å². The lowest BCUT2D eigenvalue weighted by atomic mass is 9.91. The van der Waals surface area contributed by atoms with Gasteiger partial charge in [0.25, 0.3) is 5.91 Å². The highest BCUT2D eigenvalue weighted by atomic mass is 79.9. The molecule has 1 amide bonds. The fourth-order valence-electron chi connectivity index (χ4n) is 2.44. The van der Waals surface area contributed by atoms with Crippen molar-refractivity contribution >= 4 is 21.8 Å². The Morgan fingerprint density at radius 1 is 1.30 bits per heavy atom. The normalized spacial score (nSPS) is 14.6. The number of carbonyl (C=O) groups is 1. The fourth-order valence-corrected chi connectivity index (χ4v) is 2.83. The van der Waals surface area contributed by atoms with Gasteiger partial charge in [0, 0.05) is 17.9 Å². The van der Waals surface area contributed by atoms with Gasteiger partial charge in [-0.3, -0.25) is 4.79 Å². The van der Waals surface area contributed by atoms with Crippen molar-refractivity contribution < 1.29 is 14.3 Å². The van der Waals surface area contributed by atoms with Crippen LogP contribution in [-0.4, -0.2) is 42.9 Å². The summed E-state index contributed by atoms with van der Waals surface area (Å²) in [5.41, 5.74) is 0.519. The van der Waals surface area contributed by atoms with Crippen molar-refractivity contribution in [1.82, 2.24) is 4.90 Å². The molecule has 0 spiro atoms. The van der Waals surface area contributed by atoms with Crippen molar-refractivity contribution in [1.29, 1.82) is 0 Å². The summed E-state index contributed by atoms with van der Waals surface area (Å²) >= 11 is 3.43.